The number of aromatic nitrogens is 2. The molecule has 108 valence electrons. The summed E-state index contributed by atoms with van der Waals surface area (Å²) in [6.45, 7) is 0. The molecule has 0 spiro atoms. The highest BCUT2D eigenvalue weighted by molar-refractivity contribution is 6.30. The molecule has 0 saturated carbocycles. The SMILES string of the molecule is [O-]c1on[n+](-c2ccc(Cl)cc2)c1C#Cc1cccc(Cl)c1. The molecule has 0 fully saturated rings. The van der Waals surface area contributed by atoms with Gasteiger partial charge in [0, 0.05) is 33.7 Å². The first kappa shape index (κ1) is 14.5. The summed E-state index contributed by atoms with van der Waals surface area (Å²) < 4.78 is 6.02. The van der Waals surface area contributed by atoms with Crippen molar-refractivity contribution in [2.45, 2.75) is 0 Å². The Morgan fingerprint density at radius 3 is 2.50 bits per heavy atom. The van der Waals surface area contributed by atoms with Crippen molar-refractivity contribution in [3.05, 3.63) is 69.8 Å². The van der Waals surface area contributed by atoms with Gasteiger partial charge in [0.15, 0.2) is 5.95 Å². The molecule has 0 amide bonds. The second kappa shape index (κ2) is 6.10. The zero-order valence-corrected chi connectivity index (χ0v) is 12.6. The monoisotopic (exact) mass is 330 g/mol. The smallest absolute Gasteiger partial charge is 0.314 e. The highest BCUT2D eigenvalue weighted by Gasteiger charge is 2.18. The number of rotatable bonds is 1. The lowest BCUT2D eigenvalue weighted by atomic mass is 10.2. The van der Waals surface area contributed by atoms with E-state index in [9.17, 15) is 5.11 Å². The van der Waals surface area contributed by atoms with Crippen LogP contribution in [0.25, 0.3) is 5.69 Å². The van der Waals surface area contributed by atoms with Gasteiger partial charge in [-0.3, -0.25) is 0 Å². The Bertz CT molecular complexity index is 877. The summed E-state index contributed by atoms with van der Waals surface area (Å²) in [7, 11) is 0. The third-order valence-corrected chi connectivity index (χ3v) is 3.32. The van der Waals surface area contributed by atoms with Crippen molar-refractivity contribution in [2.75, 3.05) is 0 Å². The van der Waals surface area contributed by atoms with E-state index in [0.717, 1.165) is 0 Å². The van der Waals surface area contributed by atoms with E-state index in [0.29, 0.717) is 21.3 Å². The fraction of sp³-hybridized carbons (Fsp3) is 0. The zero-order chi connectivity index (χ0) is 15.5. The largest absolute Gasteiger partial charge is 0.538 e. The van der Waals surface area contributed by atoms with Gasteiger partial charge in [-0.2, -0.15) is 0 Å². The van der Waals surface area contributed by atoms with Gasteiger partial charge < -0.3 is 9.63 Å². The lowest BCUT2D eigenvalue weighted by molar-refractivity contribution is -0.672. The van der Waals surface area contributed by atoms with E-state index in [1.807, 2.05) is 0 Å². The van der Waals surface area contributed by atoms with Gasteiger partial charge in [-0.05, 0) is 35.0 Å². The predicted molar refractivity (Wildman–Crippen MR) is 79.9 cm³/mol. The van der Waals surface area contributed by atoms with Crippen LogP contribution >= 0.6 is 23.2 Å². The molecule has 4 nitrogen and oxygen atoms in total. The molecular weight excluding hydrogens is 323 g/mol. The van der Waals surface area contributed by atoms with Gasteiger partial charge in [0.05, 0.1) is 5.27 Å². The quantitative estimate of drug-likeness (QED) is 0.509. The summed E-state index contributed by atoms with van der Waals surface area (Å²) in [6, 6.07) is 13.9. The summed E-state index contributed by atoms with van der Waals surface area (Å²) >= 11 is 11.7. The summed E-state index contributed by atoms with van der Waals surface area (Å²) in [5.74, 6) is 5.03. The molecule has 22 heavy (non-hydrogen) atoms. The number of halogens is 2. The summed E-state index contributed by atoms with van der Waals surface area (Å²) in [5.41, 5.74) is 1.45. The van der Waals surface area contributed by atoms with Gasteiger partial charge in [-0.25, -0.2) is 0 Å². The molecule has 0 radical (unpaired) electrons. The Kier molecular flexibility index (Phi) is 4.01. The van der Waals surface area contributed by atoms with Gasteiger partial charge in [0.2, 0.25) is 5.69 Å². The topological polar surface area (TPSA) is 53.0 Å². The molecule has 6 heteroatoms. The van der Waals surface area contributed by atoms with Crippen LogP contribution < -0.4 is 9.79 Å². The molecule has 1 heterocycles. The van der Waals surface area contributed by atoms with E-state index >= 15 is 0 Å². The first-order valence-corrected chi connectivity index (χ1v) is 7.01. The molecule has 0 N–H and O–H groups in total. The maximum Gasteiger partial charge on any atom is 0.314 e. The van der Waals surface area contributed by atoms with Gasteiger partial charge in [-0.15, -0.1) is 0 Å². The van der Waals surface area contributed by atoms with Crippen LogP contribution in [0.1, 0.15) is 11.3 Å². The van der Waals surface area contributed by atoms with Crippen LogP contribution in [0.15, 0.2) is 53.1 Å². The molecule has 0 aliphatic carbocycles. The third-order valence-electron chi connectivity index (χ3n) is 2.83. The van der Waals surface area contributed by atoms with E-state index in [1.54, 1.807) is 48.5 Å². The van der Waals surface area contributed by atoms with E-state index < -0.39 is 5.95 Å². The average Bonchev–Trinajstić information content (AvgIpc) is 2.87. The van der Waals surface area contributed by atoms with E-state index in [-0.39, 0.29) is 5.69 Å². The van der Waals surface area contributed by atoms with E-state index in [2.05, 4.69) is 21.6 Å². The van der Waals surface area contributed by atoms with Crippen molar-refractivity contribution in [1.29, 1.82) is 0 Å². The molecule has 0 unspecified atom stereocenters. The Labute approximate surface area is 136 Å². The molecule has 2 aromatic carbocycles. The third kappa shape index (κ3) is 3.06. The zero-order valence-electron chi connectivity index (χ0n) is 11.1. The molecule has 1 aromatic heterocycles. The molecule has 0 bridgehead atoms. The summed E-state index contributed by atoms with van der Waals surface area (Å²) in [4.78, 5) is 0. The molecular formula is C16H8Cl2N2O2. The lowest BCUT2D eigenvalue weighted by Crippen LogP contribution is -2.35. The molecule has 0 saturated heterocycles. The van der Waals surface area contributed by atoms with Crippen LogP contribution in [0, 0.1) is 11.8 Å². The molecule has 0 atom stereocenters. The van der Waals surface area contributed by atoms with E-state index in [4.69, 9.17) is 23.2 Å². The average molecular weight is 331 g/mol. The van der Waals surface area contributed by atoms with Crippen LogP contribution in [-0.4, -0.2) is 5.27 Å². The van der Waals surface area contributed by atoms with Crippen molar-refractivity contribution in [1.82, 2.24) is 5.27 Å². The number of hydrogen-bond acceptors (Lipinski definition) is 3. The Hall–Kier alpha value is -2.48. The summed E-state index contributed by atoms with van der Waals surface area (Å²) in [6.07, 6.45) is 0. The molecule has 3 rings (SSSR count). The van der Waals surface area contributed by atoms with Gasteiger partial charge in [0.25, 0.3) is 0 Å². The molecule has 0 aliphatic rings. The van der Waals surface area contributed by atoms with Crippen LogP contribution in [0.3, 0.4) is 0 Å². The first-order valence-electron chi connectivity index (χ1n) is 6.26. The van der Waals surface area contributed by atoms with Gasteiger partial charge in [-0.1, -0.05) is 35.2 Å². The normalized spacial score (nSPS) is 10.1. The lowest BCUT2D eigenvalue weighted by Gasteiger charge is -1.92. The van der Waals surface area contributed by atoms with Crippen molar-refractivity contribution in [2.24, 2.45) is 0 Å². The maximum atomic E-state index is 11.8. The fourth-order valence-electron chi connectivity index (χ4n) is 1.81. The maximum absolute atomic E-state index is 11.8. The van der Waals surface area contributed by atoms with E-state index in [1.165, 1.54) is 4.68 Å². The van der Waals surface area contributed by atoms with Crippen LogP contribution in [0.4, 0.5) is 0 Å². The van der Waals surface area contributed by atoms with Crippen LogP contribution in [0.2, 0.25) is 10.0 Å². The Morgan fingerprint density at radius 2 is 1.77 bits per heavy atom. The second-order valence-corrected chi connectivity index (χ2v) is 5.23. The number of nitrogens with zero attached hydrogens (tertiary/aromatic N) is 2. The highest BCUT2D eigenvalue weighted by atomic mass is 35.5. The minimum Gasteiger partial charge on any atom is -0.538 e. The second-order valence-electron chi connectivity index (χ2n) is 4.36. The van der Waals surface area contributed by atoms with Crippen molar-refractivity contribution in [3.63, 3.8) is 0 Å². The first-order chi connectivity index (χ1) is 10.6. The minimum absolute atomic E-state index is 0.127. The van der Waals surface area contributed by atoms with Crippen molar-refractivity contribution in [3.8, 4) is 23.5 Å². The highest BCUT2D eigenvalue weighted by Crippen LogP contribution is 2.13. The predicted octanol–water partition coefficient (Wildman–Crippen LogP) is 2.73. The Balaban J connectivity index is 2.02. The number of hydrogen-bond donors (Lipinski definition) is 0. The van der Waals surface area contributed by atoms with Crippen molar-refractivity contribution >= 4 is 23.2 Å². The Morgan fingerprint density at radius 1 is 1.00 bits per heavy atom. The van der Waals surface area contributed by atoms with Crippen molar-refractivity contribution < 1.29 is 14.3 Å². The van der Waals surface area contributed by atoms with Crippen LogP contribution in [-0.2, 0) is 0 Å². The number of benzene rings is 2. The van der Waals surface area contributed by atoms with Crippen LogP contribution in [0.5, 0.6) is 5.95 Å². The molecule has 3 aromatic rings. The van der Waals surface area contributed by atoms with Gasteiger partial charge in [0.1, 0.15) is 0 Å². The summed E-state index contributed by atoms with van der Waals surface area (Å²) in [5, 5.41) is 16.6. The fourth-order valence-corrected chi connectivity index (χ4v) is 2.12. The van der Waals surface area contributed by atoms with Gasteiger partial charge >= 0.3 is 5.69 Å². The standard InChI is InChI=1S/C16H8Cl2N2O2/c17-12-5-7-14(8-6-12)20-15(16(21)22-19-20)9-4-11-2-1-3-13(18)10-11/h1-3,5-8,10H. The minimum atomic E-state index is -0.607. The molecule has 0 aliphatic heterocycles.